The first-order valence-corrected chi connectivity index (χ1v) is 7.58. The first-order chi connectivity index (χ1) is 11.3. The van der Waals surface area contributed by atoms with E-state index in [0.717, 1.165) is 33.5 Å². The van der Waals surface area contributed by atoms with Crippen LogP contribution >= 0.6 is 0 Å². The number of fused-ring (bicyclic) bond motifs is 1. The number of aryl methyl sites for hydroxylation is 1. The molecule has 1 aromatic carbocycles. The van der Waals surface area contributed by atoms with Gasteiger partial charge in [0.15, 0.2) is 0 Å². The van der Waals surface area contributed by atoms with Crippen LogP contribution in [0.5, 0.6) is 0 Å². The first kappa shape index (κ1) is 13.6. The summed E-state index contributed by atoms with van der Waals surface area (Å²) in [5, 5.41) is 1.14. The Labute approximate surface area is 134 Å². The number of nitrogens with zero attached hydrogens (tertiary/aromatic N) is 3. The molecule has 0 radical (unpaired) electrons. The molecular formula is C19H16N4. The van der Waals surface area contributed by atoms with E-state index in [1.165, 1.54) is 0 Å². The Kier molecular flexibility index (Phi) is 3.35. The molecule has 23 heavy (non-hydrogen) atoms. The van der Waals surface area contributed by atoms with Crippen molar-refractivity contribution in [3.63, 3.8) is 0 Å². The summed E-state index contributed by atoms with van der Waals surface area (Å²) >= 11 is 0. The highest BCUT2D eigenvalue weighted by molar-refractivity contribution is 5.79. The summed E-state index contributed by atoms with van der Waals surface area (Å²) in [6.45, 7) is 2.01. The molecule has 112 valence electrons. The lowest BCUT2D eigenvalue weighted by Gasteiger charge is -2.16. The smallest absolute Gasteiger partial charge is 0.0922 e. The molecule has 0 saturated heterocycles. The Morgan fingerprint density at radius 1 is 1.04 bits per heavy atom. The minimum Gasteiger partial charge on any atom is -0.348 e. The van der Waals surface area contributed by atoms with E-state index in [1.807, 2.05) is 43.6 Å². The van der Waals surface area contributed by atoms with Gasteiger partial charge in [-0.1, -0.05) is 24.3 Å². The van der Waals surface area contributed by atoms with E-state index in [-0.39, 0.29) is 5.92 Å². The molecule has 1 unspecified atom stereocenters. The average molecular weight is 300 g/mol. The lowest BCUT2D eigenvalue weighted by Crippen LogP contribution is -2.06. The van der Waals surface area contributed by atoms with Crippen molar-refractivity contribution in [2.75, 3.05) is 0 Å². The van der Waals surface area contributed by atoms with Crippen molar-refractivity contribution in [3.8, 4) is 0 Å². The maximum atomic E-state index is 4.65. The average Bonchev–Trinajstić information content (AvgIpc) is 3.10. The van der Waals surface area contributed by atoms with Gasteiger partial charge in [0.05, 0.1) is 23.5 Å². The van der Waals surface area contributed by atoms with E-state index < -0.39 is 0 Å². The van der Waals surface area contributed by atoms with Crippen LogP contribution < -0.4 is 0 Å². The molecular weight excluding hydrogens is 284 g/mol. The number of hydrogen-bond donors (Lipinski definition) is 1. The lowest BCUT2D eigenvalue weighted by molar-refractivity contribution is 0.887. The maximum Gasteiger partial charge on any atom is 0.0922 e. The van der Waals surface area contributed by atoms with Crippen molar-refractivity contribution in [2.45, 2.75) is 12.8 Å². The Balaban J connectivity index is 1.90. The molecule has 0 aliphatic heterocycles. The summed E-state index contributed by atoms with van der Waals surface area (Å²) < 4.78 is 0. The molecule has 3 heterocycles. The van der Waals surface area contributed by atoms with Crippen LogP contribution in [-0.4, -0.2) is 19.9 Å². The van der Waals surface area contributed by atoms with Gasteiger partial charge in [-0.3, -0.25) is 9.97 Å². The normalized spacial score (nSPS) is 12.4. The summed E-state index contributed by atoms with van der Waals surface area (Å²) in [6.07, 6.45) is 5.38. The van der Waals surface area contributed by atoms with Gasteiger partial charge in [0.1, 0.15) is 0 Å². The summed E-state index contributed by atoms with van der Waals surface area (Å²) in [5.74, 6) is 0.0189. The molecule has 4 heteroatoms. The zero-order valence-corrected chi connectivity index (χ0v) is 12.8. The van der Waals surface area contributed by atoms with Gasteiger partial charge in [0.25, 0.3) is 0 Å². The second kappa shape index (κ2) is 5.65. The molecule has 0 saturated carbocycles. The quantitative estimate of drug-likeness (QED) is 0.625. The van der Waals surface area contributed by atoms with Crippen LogP contribution in [0.4, 0.5) is 0 Å². The molecule has 0 aliphatic rings. The molecule has 0 aliphatic carbocycles. The predicted octanol–water partition coefficient (Wildman–Crippen LogP) is 3.84. The highest BCUT2D eigenvalue weighted by atomic mass is 14.9. The summed E-state index contributed by atoms with van der Waals surface area (Å²) in [7, 11) is 0. The Morgan fingerprint density at radius 3 is 2.74 bits per heavy atom. The van der Waals surface area contributed by atoms with Crippen LogP contribution in [0.25, 0.3) is 10.9 Å². The molecule has 0 spiro atoms. The zero-order valence-electron chi connectivity index (χ0n) is 12.8. The van der Waals surface area contributed by atoms with E-state index in [0.29, 0.717) is 0 Å². The fraction of sp³-hybridized carbons (Fsp3) is 0.105. The number of rotatable bonds is 3. The molecule has 3 aromatic heterocycles. The fourth-order valence-electron chi connectivity index (χ4n) is 2.90. The van der Waals surface area contributed by atoms with Crippen LogP contribution in [0.2, 0.25) is 0 Å². The van der Waals surface area contributed by atoms with Crippen LogP contribution in [0, 0.1) is 6.92 Å². The molecule has 4 rings (SSSR count). The van der Waals surface area contributed by atoms with Crippen LogP contribution in [0.15, 0.2) is 67.3 Å². The molecule has 0 fully saturated rings. The maximum absolute atomic E-state index is 4.65. The highest BCUT2D eigenvalue weighted by Crippen LogP contribution is 2.30. The molecule has 4 nitrogen and oxygen atoms in total. The van der Waals surface area contributed by atoms with Gasteiger partial charge in [0, 0.05) is 29.2 Å². The molecule has 1 N–H and O–H groups in total. The zero-order chi connectivity index (χ0) is 15.6. The van der Waals surface area contributed by atoms with Crippen LogP contribution in [0.3, 0.4) is 0 Å². The number of hydrogen-bond acceptors (Lipinski definition) is 3. The molecule has 4 aromatic rings. The molecule has 0 amide bonds. The number of H-pyrrole nitrogens is 1. The van der Waals surface area contributed by atoms with E-state index in [9.17, 15) is 0 Å². The largest absolute Gasteiger partial charge is 0.348 e. The van der Waals surface area contributed by atoms with Crippen molar-refractivity contribution in [2.24, 2.45) is 0 Å². The Morgan fingerprint density at radius 2 is 1.96 bits per heavy atom. The van der Waals surface area contributed by atoms with Gasteiger partial charge in [-0.15, -0.1) is 0 Å². The minimum absolute atomic E-state index is 0.0189. The van der Waals surface area contributed by atoms with Gasteiger partial charge in [-0.05, 0) is 36.8 Å². The Hall–Kier alpha value is -3.01. The Bertz CT molecular complexity index is 930. The SMILES string of the molecule is Cc1ccc2ccc(C(c3ccccn3)c3cnc[nH]3)cc2n1. The van der Waals surface area contributed by atoms with Crippen molar-refractivity contribution in [1.29, 1.82) is 0 Å². The molecule has 1 atom stereocenters. The van der Waals surface area contributed by atoms with Crippen LogP contribution in [0.1, 0.15) is 28.6 Å². The topological polar surface area (TPSA) is 54.5 Å². The highest BCUT2D eigenvalue weighted by Gasteiger charge is 2.19. The predicted molar refractivity (Wildman–Crippen MR) is 90.2 cm³/mol. The van der Waals surface area contributed by atoms with E-state index in [2.05, 4.69) is 44.2 Å². The van der Waals surface area contributed by atoms with Crippen molar-refractivity contribution < 1.29 is 0 Å². The summed E-state index contributed by atoms with van der Waals surface area (Å²) in [6, 6.07) is 16.5. The monoisotopic (exact) mass is 300 g/mol. The van der Waals surface area contributed by atoms with Crippen molar-refractivity contribution in [1.82, 2.24) is 19.9 Å². The van der Waals surface area contributed by atoms with Gasteiger partial charge < -0.3 is 4.98 Å². The third-order valence-electron chi connectivity index (χ3n) is 4.00. The number of aromatic amines is 1. The number of pyridine rings is 2. The van der Waals surface area contributed by atoms with Gasteiger partial charge >= 0.3 is 0 Å². The minimum atomic E-state index is 0.0189. The number of nitrogens with one attached hydrogen (secondary N) is 1. The van der Waals surface area contributed by atoms with E-state index in [4.69, 9.17) is 0 Å². The standard InChI is InChI=1S/C19H16N4/c1-13-5-6-14-7-8-15(10-17(14)23-13)19(18-11-20-12-22-18)16-4-2-3-9-21-16/h2-12,19H,1H3,(H,20,22). The van der Waals surface area contributed by atoms with Crippen molar-refractivity contribution >= 4 is 10.9 Å². The third kappa shape index (κ3) is 2.59. The van der Waals surface area contributed by atoms with Gasteiger partial charge in [-0.25, -0.2) is 4.98 Å². The first-order valence-electron chi connectivity index (χ1n) is 7.58. The van der Waals surface area contributed by atoms with Crippen molar-refractivity contribution in [3.05, 3.63) is 89.9 Å². The van der Waals surface area contributed by atoms with Crippen LogP contribution in [-0.2, 0) is 0 Å². The van der Waals surface area contributed by atoms with E-state index >= 15 is 0 Å². The third-order valence-corrected chi connectivity index (χ3v) is 4.00. The number of aromatic nitrogens is 4. The second-order valence-electron chi connectivity index (χ2n) is 5.60. The van der Waals surface area contributed by atoms with Gasteiger partial charge in [-0.2, -0.15) is 0 Å². The lowest BCUT2D eigenvalue weighted by atomic mass is 9.91. The summed E-state index contributed by atoms with van der Waals surface area (Å²) in [4.78, 5) is 16.6. The number of imidazole rings is 1. The molecule has 0 bridgehead atoms. The number of benzene rings is 1. The second-order valence-corrected chi connectivity index (χ2v) is 5.60. The van der Waals surface area contributed by atoms with E-state index in [1.54, 1.807) is 6.33 Å². The summed E-state index contributed by atoms with van der Waals surface area (Å²) in [5.41, 5.74) is 5.19. The fourth-order valence-corrected chi connectivity index (χ4v) is 2.90. The van der Waals surface area contributed by atoms with Gasteiger partial charge in [0.2, 0.25) is 0 Å².